The zero-order valence-electron chi connectivity index (χ0n) is 10.0. The van der Waals surface area contributed by atoms with Crippen LogP contribution in [0.3, 0.4) is 0 Å². The van der Waals surface area contributed by atoms with Gasteiger partial charge in [-0.1, -0.05) is 0 Å². The van der Waals surface area contributed by atoms with Crippen LogP contribution < -0.4 is 5.32 Å². The summed E-state index contributed by atoms with van der Waals surface area (Å²) in [5.41, 5.74) is 1.32. The molecule has 2 atom stereocenters. The normalized spacial score (nSPS) is 22.4. The van der Waals surface area contributed by atoms with Gasteiger partial charge in [-0.05, 0) is 44.2 Å². The van der Waals surface area contributed by atoms with Crippen molar-refractivity contribution in [2.24, 2.45) is 0 Å². The zero-order valence-corrected chi connectivity index (χ0v) is 10.0. The summed E-state index contributed by atoms with van der Waals surface area (Å²) in [6, 6.07) is 2.68. The molecule has 0 aliphatic carbocycles. The molecule has 3 nitrogen and oxygen atoms in total. The van der Waals surface area contributed by atoms with Crippen LogP contribution in [0.25, 0.3) is 0 Å². The molecule has 16 heavy (non-hydrogen) atoms. The van der Waals surface area contributed by atoms with Crippen LogP contribution in [0.1, 0.15) is 38.2 Å². The van der Waals surface area contributed by atoms with Crippen LogP contribution in [-0.4, -0.2) is 23.7 Å². The Labute approximate surface area is 97.6 Å². The van der Waals surface area contributed by atoms with E-state index in [0.717, 1.165) is 13.2 Å². The van der Waals surface area contributed by atoms with E-state index in [1.54, 1.807) is 0 Å². The topological polar surface area (TPSA) is 37.0 Å². The second kappa shape index (κ2) is 6.06. The standard InChI is InChI=1S/C13H22N2O/c1-11(4-5-13-3-2-8-16-13)15-10-12-6-7-14-9-12/h6-7,9,11,13-15H,2-5,8,10H2,1H3. The highest BCUT2D eigenvalue weighted by Gasteiger charge is 2.16. The molecule has 0 saturated carbocycles. The molecular weight excluding hydrogens is 200 g/mol. The van der Waals surface area contributed by atoms with Gasteiger partial charge in [-0.2, -0.15) is 0 Å². The van der Waals surface area contributed by atoms with E-state index >= 15 is 0 Å². The number of aromatic nitrogens is 1. The summed E-state index contributed by atoms with van der Waals surface area (Å²) in [5.74, 6) is 0. The van der Waals surface area contributed by atoms with Crippen molar-refractivity contribution in [1.29, 1.82) is 0 Å². The summed E-state index contributed by atoms with van der Waals surface area (Å²) in [7, 11) is 0. The van der Waals surface area contributed by atoms with Gasteiger partial charge in [-0.3, -0.25) is 0 Å². The summed E-state index contributed by atoms with van der Waals surface area (Å²) in [6.45, 7) is 4.17. The summed E-state index contributed by atoms with van der Waals surface area (Å²) in [5, 5.41) is 3.53. The molecule has 3 heteroatoms. The number of rotatable bonds is 6. The Morgan fingerprint density at radius 3 is 3.25 bits per heavy atom. The maximum atomic E-state index is 5.62. The van der Waals surface area contributed by atoms with E-state index in [4.69, 9.17) is 4.74 Å². The highest BCUT2D eigenvalue weighted by atomic mass is 16.5. The Morgan fingerprint density at radius 1 is 1.62 bits per heavy atom. The molecule has 1 aliphatic heterocycles. The van der Waals surface area contributed by atoms with Crippen molar-refractivity contribution in [2.75, 3.05) is 6.61 Å². The molecule has 0 bridgehead atoms. The van der Waals surface area contributed by atoms with Crippen LogP contribution >= 0.6 is 0 Å². The summed E-state index contributed by atoms with van der Waals surface area (Å²) < 4.78 is 5.62. The first-order valence-corrected chi connectivity index (χ1v) is 6.31. The fourth-order valence-electron chi connectivity index (χ4n) is 2.17. The van der Waals surface area contributed by atoms with Crippen LogP contribution in [0.5, 0.6) is 0 Å². The summed E-state index contributed by atoms with van der Waals surface area (Å²) >= 11 is 0. The molecule has 1 aromatic rings. The van der Waals surface area contributed by atoms with Crippen molar-refractivity contribution >= 4 is 0 Å². The molecule has 2 N–H and O–H groups in total. The van der Waals surface area contributed by atoms with Crippen molar-refractivity contribution in [3.63, 3.8) is 0 Å². The molecule has 1 fully saturated rings. The fourth-order valence-corrected chi connectivity index (χ4v) is 2.17. The third kappa shape index (κ3) is 3.65. The minimum Gasteiger partial charge on any atom is -0.378 e. The van der Waals surface area contributed by atoms with Gasteiger partial charge >= 0.3 is 0 Å². The molecule has 1 aliphatic rings. The van der Waals surface area contributed by atoms with Crippen molar-refractivity contribution < 1.29 is 4.74 Å². The van der Waals surface area contributed by atoms with E-state index in [1.165, 1.54) is 31.2 Å². The molecule has 0 spiro atoms. The third-order valence-electron chi connectivity index (χ3n) is 3.26. The van der Waals surface area contributed by atoms with Crippen LogP contribution in [0.4, 0.5) is 0 Å². The lowest BCUT2D eigenvalue weighted by Gasteiger charge is -2.15. The Kier molecular flexibility index (Phi) is 4.43. The van der Waals surface area contributed by atoms with Gasteiger partial charge in [0, 0.05) is 31.6 Å². The number of aromatic amines is 1. The second-order valence-corrected chi connectivity index (χ2v) is 4.71. The van der Waals surface area contributed by atoms with E-state index in [0.29, 0.717) is 12.1 Å². The number of nitrogens with one attached hydrogen (secondary N) is 2. The highest BCUT2D eigenvalue weighted by molar-refractivity contribution is 5.07. The maximum absolute atomic E-state index is 5.62. The van der Waals surface area contributed by atoms with Gasteiger partial charge < -0.3 is 15.0 Å². The molecule has 0 aromatic carbocycles. The lowest BCUT2D eigenvalue weighted by atomic mass is 10.1. The minimum atomic E-state index is 0.525. The first-order valence-electron chi connectivity index (χ1n) is 6.31. The Hall–Kier alpha value is -0.800. The number of ether oxygens (including phenoxy) is 1. The first-order chi connectivity index (χ1) is 7.84. The van der Waals surface area contributed by atoms with Gasteiger partial charge in [-0.25, -0.2) is 0 Å². The van der Waals surface area contributed by atoms with Crippen molar-refractivity contribution in [3.8, 4) is 0 Å². The van der Waals surface area contributed by atoms with Crippen molar-refractivity contribution in [1.82, 2.24) is 10.3 Å². The van der Waals surface area contributed by atoms with Gasteiger partial charge in [0.2, 0.25) is 0 Å². The van der Waals surface area contributed by atoms with Gasteiger partial charge in [0.15, 0.2) is 0 Å². The van der Waals surface area contributed by atoms with E-state index in [1.807, 2.05) is 12.4 Å². The Bertz CT molecular complexity index is 278. The predicted molar refractivity (Wildman–Crippen MR) is 65.3 cm³/mol. The van der Waals surface area contributed by atoms with E-state index in [2.05, 4.69) is 23.3 Å². The van der Waals surface area contributed by atoms with Gasteiger partial charge in [0.25, 0.3) is 0 Å². The van der Waals surface area contributed by atoms with Crippen LogP contribution in [0, 0.1) is 0 Å². The van der Waals surface area contributed by atoms with Crippen LogP contribution in [0.15, 0.2) is 18.5 Å². The van der Waals surface area contributed by atoms with Crippen LogP contribution in [0.2, 0.25) is 0 Å². The monoisotopic (exact) mass is 222 g/mol. The molecule has 0 amide bonds. The molecule has 0 radical (unpaired) electrons. The number of hydrogen-bond acceptors (Lipinski definition) is 2. The maximum Gasteiger partial charge on any atom is 0.0576 e. The lowest BCUT2D eigenvalue weighted by Crippen LogP contribution is -2.26. The molecule has 1 saturated heterocycles. The van der Waals surface area contributed by atoms with Crippen LogP contribution in [-0.2, 0) is 11.3 Å². The fraction of sp³-hybridized carbons (Fsp3) is 0.692. The summed E-state index contributed by atoms with van der Waals surface area (Å²) in [6.07, 6.45) is 9.43. The van der Waals surface area contributed by atoms with E-state index in [9.17, 15) is 0 Å². The average molecular weight is 222 g/mol. The third-order valence-corrected chi connectivity index (χ3v) is 3.26. The van der Waals surface area contributed by atoms with Gasteiger partial charge in [0.1, 0.15) is 0 Å². The molecule has 2 unspecified atom stereocenters. The van der Waals surface area contributed by atoms with Gasteiger partial charge in [-0.15, -0.1) is 0 Å². The predicted octanol–water partition coefficient (Wildman–Crippen LogP) is 2.45. The minimum absolute atomic E-state index is 0.525. The number of H-pyrrole nitrogens is 1. The first kappa shape index (κ1) is 11.7. The molecule has 2 heterocycles. The molecule has 2 rings (SSSR count). The SMILES string of the molecule is CC(CCC1CCCO1)NCc1cc[nH]c1. The molecule has 1 aromatic heterocycles. The van der Waals surface area contributed by atoms with E-state index < -0.39 is 0 Å². The molecule has 90 valence electrons. The van der Waals surface area contributed by atoms with E-state index in [-0.39, 0.29) is 0 Å². The summed E-state index contributed by atoms with van der Waals surface area (Å²) in [4.78, 5) is 3.07. The zero-order chi connectivity index (χ0) is 11.2. The van der Waals surface area contributed by atoms with Gasteiger partial charge in [0.05, 0.1) is 6.10 Å². The largest absolute Gasteiger partial charge is 0.378 e. The van der Waals surface area contributed by atoms with Crippen molar-refractivity contribution in [2.45, 2.75) is 51.3 Å². The highest BCUT2D eigenvalue weighted by Crippen LogP contribution is 2.17. The second-order valence-electron chi connectivity index (χ2n) is 4.71. The average Bonchev–Trinajstić information content (AvgIpc) is 2.96. The Balaban J connectivity index is 1.58. The van der Waals surface area contributed by atoms with Crippen molar-refractivity contribution in [3.05, 3.63) is 24.0 Å². The lowest BCUT2D eigenvalue weighted by molar-refractivity contribution is 0.100. The smallest absolute Gasteiger partial charge is 0.0576 e. The quantitative estimate of drug-likeness (QED) is 0.775. The number of hydrogen-bond donors (Lipinski definition) is 2. The molecular formula is C13H22N2O. The Morgan fingerprint density at radius 2 is 2.56 bits per heavy atom.